The zero-order valence-electron chi connectivity index (χ0n) is 17.0. The molecule has 0 bridgehead atoms. The van der Waals surface area contributed by atoms with Gasteiger partial charge in [-0.3, -0.25) is 0 Å². The zero-order valence-corrected chi connectivity index (χ0v) is 19.4. The van der Waals surface area contributed by atoms with Crippen LogP contribution in [-0.2, 0) is 48.0 Å². The Labute approximate surface area is 205 Å². The Morgan fingerprint density at radius 1 is 0.486 bits per heavy atom. The molecule has 3 aromatic rings. The average Bonchev–Trinajstić information content (AvgIpc) is 2.71. The van der Waals surface area contributed by atoms with Crippen LogP contribution in [-0.4, -0.2) is 13.1 Å². The van der Waals surface area contributed by atoms with Crippen LogP contribution < -0.4 is 15.6 Å². The Kier molecular flexibility index (Phi) is 10.5. The van der Waals surface area contributed by atoms with E-state index in [2.05, 4.69) is 0 Å². The van der Waals surface area contributed by atoms with E-state index in [0.29, 0.717) is 36.4 Å². The van der Waals surface area contributed by atoms with E-state index in [1.165, 1.54) is 0 Å². The second-order valence-corrected chi connectivity index (χ2v) is 10.1. The van der Waals surface area contributed by atoms with Crippen LogP contribution in [0, 0.1) is 0 Å². The van der Waals surface area contributed by atoms with Crippen LogP contribution in [0.15, 0.2) is 72.8 Å². The molecular formula is C21H13F9O3SiV. The molecule has 0 aliphatic heterocycles. The van der Waals surface area contributed by atoms with Gasteiger partial charge in [-0.15, -0.1) is 0 Å². The normalized spacial score (nSPS) is 12.2. The van der Waals surface area contributed by atoms with E-state index >= 15 is 0 Å². The van der Waals surface area contributed by atoms with Crippen molar-refractivity contribution in [3.63, 3.8) is 0 Å². The second kappa shape index (κ2) is 11.2. The number of alkyl halides is 9. The maximum absolute atomic E-state index is 13.2. The molecule has 35 heavy (non-hydrogen) atoms. The summed E-state index contributed by atoms with van der Waals surface area (Å²) in [5.74, 6) is 0. The summed E-state index contributed by atoms with van der Waals surface area (Å²) in [7, 11) is -4.71. The molecule has 14 heteroatoms. The van der Waals surface area contributed by atoms with Gasteiger partial charge in [0.25, 0.3) is 8.32 Å². The molecular weight excluding hydrogens is 550 g/mol. The van der Waals surface area contributed by atoms with E-state index in [1.54, 1.807) is 0 Å². The first-order valence-corrected chi connectivity index (χ1v) is 10.8. The molecule has 3 rings (SSSR count). The van der Waals surface area contributed by atoms with E-state index in [9.17, 15) is 44.3 Å². The van der Waals surface area contributed by atoms with Gasteiger partial charge < -0.3 is 15.7 Å². The zero-order chi connectivity index (χ0) is 23.9. The molecule has 0 amide bonds. The molecule has 0 aromatic heterocycles. The molecule has 0 heterocycles. The van der Waals surface area contributed by atoms with Gasteiger partial charge in [-0.25, -0.2) is 0 Å². The fourth-order valence-corrected chi connectivity index (χ4v) is 6.37. The summed E-state index contributed by atoms with van der Waals surface area (Å²) in [6, 6.07) is 9.72. The van der Waals surface area contributed by atoms with Gasteiger partial charge in [0.15, 0.2) is 0 Å². The minimum absolute atomic E-state index is 0. The number of halogens is 9. The maximum Gasteiger partial charge on any atom is 4.00 e. The molecule has 1 radical (unpaired) electrons. The van der Waals surface area contributed by atoms with Gasteiger partial charge in [0.2, 0.25) is 0 Å². The number of benzene rings is 3. The van der Waals surface area contributed by atoms with E-state index < -0.39 is 59.1 Å². The minimum atomic E-state index is -4.84. The van der Waals surface area contributed by atoms with Crippen molar-refractivity contribution in [3.8, 4) is 0 Å². The first-order chi connectivity index (χ1) is 14.6. The first-order valence-electron chi connectivity index (χ1n) is 8.89. The smallest absolute Gasteiger partial charge is 2.00 e. The molecule has 0 spiro atoms. The summed E-state index contributed by atoms with van der Waals surface area (Å²) >= 11 is 0. The molecule has 0 unspecified atom stereocenters. The van der Waals surface area contributed by atoms with Crippen molar-refractivity contribution < 1.29 is 73.8 Å². The maximum atomic E-state index is 13.2. The number of hydrogen-bond donors (Lipinski definition) is 1. The second-order valence-electron chi connectivity index (χ2n) is 6.95. The summed E-state index contributed by atoms with van der Waals surface area (Å²) in [6.07, 6.45) is -14.5. The van der Waals surface area contributed by atoms with Crippen molar-refractivity contribution >= 4 is 23.9 Å². The van der Waals surface area contributed by atoms with Crippen molar-refractivity contribution in [1.82, 2.24) is 0 Å². The Morgan fingerprint density at radius 2 is 0.714 bits per heavy atom. The first kappa shape index (κ1) is 32.7. The Balaban J connectivity index is 0.00000385. The van der Waals surface area contributed by atoms with Gasteiger partial charge in [0, 0.05) is 0 Å². The largest absolute Gasteiger partial charge is 4.00 e. The van der Waals surface area contributed by atoms with Crippen LogP contribution >= 0.6 is 0 Å². The van der Waals surface area contributed by atoms with E-state index in [4.69, 9.17) is 0 Å². The monoisotopic (exact) mass is 563 g/mol. The van der Waals surface area contributed by atoms with Crippen LogP contribution in [0.5, 0.6) is 0 Å². The van der Waals surface area contributed by atoms with Crippen molar-refractivity contribution in [2.45, 2.75) is 18.5 Å². The molecule has 0 aliphatic rings. The standard InChI is InChI=1S/C21H13F9OSi.2O.V/c22-19(23,24)13-4-1-7-16(10-13)32(31,17-8-2-5-14(11-17)20(25,26)27)18-9-3-6-15(12-18)21(28,29)30;;;/h1-12,31H;;;/q;2*-2;+4. The molecule has 3 nitrogen and oxygen atoms in total. The minimum Gasteiger partial charge on any atom is -2.00 e. The fourth-order valence-electron chi connectivity index (χ4n) is 3.26. The molecule has 187 valence electrons. The van der Waals surface area contributed by atoms with Crippen molar-refractivity contribution in [3.05, 3.63) is 89.5 Å². The molecule has 0 aliphatic carbocycles. The topological polar surface area (TPSA) is 77.2 Å². The Morgan fingerprint density at radius 3 is 0.914 bits per heavy atom. The van der Waals surface area contributed by atoms with Crippen molar-refractivity contribution in [1.29, 1.82) is 0 Å². The molecule has 1 N–H and O–H groups in total. The summed E-state index contributed by atoms with van der Waals surface area (Å²) in [5.41, 5.74) is -3.58. The quantitative estimate of drug-likeness (QED) is 0.285. The van der Waals surface area contributed by atoms with Crippen LogP contribution in [0.1, 0.15) is 16.7 Å². The molecule has 0 saturated carbocycles. The summed E-state index contributed by atoms with van der Waals surface area (Å²) in [6.45, 7) is 0. The molecule has 3 aromatic carbocycles. The third kappa shape index (κ3) is 6.90. The van der Waals surface area contributed by atoms with Crippen LogP contribution in [0.25, 0.3) is 0 Å². The third-order valence-corrected chi connectivity index (χ3v) is 8.26. The van der Waals surface area contributed by atoms with Crippen LogP contribution in [0.4, 0.5) is 39.5 Å². The van der Waals surface area contributed by atoms with Crippen molar-refractivity contribution in [2.24, 2.45) is 0 Å². The van der Waals surface area contributed by atoms with E-state index in [0.717, 1.165) is 36.4 Å². The summed E-state index contributed by atoms with van der Waals surface area (Å²) in [4.78, 5) is 11.6. The average molecular weight is 563 g/mol. The Hall–Kier alpha value is -2.29. The molecule has 0 atom stereocenters. The predicted octanol–water partition coefficient (Wildman–Crippen LogP) is 4.46. The SMILES string of the molecule is O[Si](c1cccc(C(F)(F)F)c1)(c1cccc(C(F)(F)F)c1)c1cccc(C(F)(F)F)c1.[O-2].[O-2].[V+4]. The molecule has 0 saturated heterocycles. The van der Waals surface area contributed by atoms with Crippen LogP contribution in [0.2, 0.25) is 0 Å². The van der Waals surface area contributed by atoms with Gasteiger partial charge in [-0.1, -0.05) is 54.6 Å². The van der Waals surface area contributed by atoms with E-state index in [1.807, 2.05) is 0 Å². The fraction of sp³-hybridized carbons (Fsp3) is 0.143. The summed E-state index contributed by atoms with van der Waals surface area (Å²) in [5, 5.41) is -1.23. The van der Waals surface area contributed by atoms with Gasteiger partial charge in [-0.05, 0) is 33.8 Å². The van der Waals surface area contributed by atoms with Crippen molar-refractivity contribution in [2.75, 3.05) is 0 Å². The van der Waals surface area contributed by atoms with Gasteiger partial charge in [0.05, 0.1) is 16.7 Å². The Bertz CT molecular complexity index is 992. The van der Waals surface area contributed by atoms with Gasteiger partial charge in [0.1, 0.15) is 0 Å². The third-order valence-electron chi connectivity index (χ3n) is 4.82. The molecule has 0 fully saturated rings. The summed E-state index contributed by atoms with van der Waals surface area (Å²) < 4.78 is 119. The predicted molar refractivity (Wildman–Crippen MR) is 103 cm³/mol. The van der Waals surface area contributed by atoms with Crippen LogP contribution in [0.3, 0.4) is 0 Å². The van der Waals surface area contributed by atoms with Gasteiger partial charge >= 0.3 is 37.1 Å². The van der Waals surface area contributed by atoms with E-state index in [-0.39, 0.29) is 29.5 Å². The number of hydrogen-bond acceptors (Lipinski definition) is 1. The van der Waals surface area contributed by atoms with Gasteiger partial charge in [-0.2, -0.15) is 39.5 Å². The number of rotatable bonds is 3.